The molecule has 0 saturated heterocycles. The summed E-state index contributed by atoms with van der Waals surface area (Å²) in [6.45, 7) is 0.421. The molecular weight excluding hydrogens is 247 g/mol. The van der Waals surface area contributed by atoms with Gasteiger partial charge in [0.25, 0.3) is 0 Å². The average Bonchev–Trinajstić information content (AvgIpc) is 2.29. The van der Waals surface area contributed by atoms with Crippen molar-refractivity contribution in [2.75, 3.05) is 20.3 Å². The van der Waals surface area contributed by atoms with Crippen molar-refractivity contribution in [1.82, 2.24) is 5.32 Å². The van der Waals surface area contributed by atoms with E-state index in [0.717, 1.165) is 6.42 Å². The van der Waals surface area contributed by atoms with Gasteiger partial charge in [-0.3, -0.25) is 0 Å². The molecule has 0 bridgehead atoms. The molecule has 0 spiro atoms. The highest BCUT2D eigenvalue weighted by Crippen LogP contribution is 2.37. The zero-order valence-electron chi connectivity index (χ0n) is 10.7. The first kappa shape index (κ1) is 15.7. The van der Waals surface area contributed by atoms with Crippen LogP contribution in [0.2, 0.25) is 0 Å². The van der Waals surface area contributed by atoms with E-state index >= 15 is 0 Å². The molecule has 18 heavy (non-hydrogen) atoms. The van der Waals surface area contributed by atoms with E-state index in [0.29, 0.717) is 19.4 Å². The Morgan fingerprint density at radius 3 is 2.67 bits per heavy atom. The monoisotopic (exact) mass is 269 g/mol. The first-order valence-corrected chi connectivity index (χ1v) is 6.40. The minimum Gasteiger partial charge on any atom is -0.396 e. The largest absolute Gasteiger partial charge is 0.396 e. The van der Waals surface area contributed by atoms with Crippen LogP contribution in [0.5, 0.6) is 0 Å². The van der Waals surface area contributed by atoms with Gasteiger partial charge in [-0.25, -0.2) is 0 Å². The summed E-state index contributed by atoms with van der Waals surface area (Å²) in [5.74, 6) is -1.19. The van der Waals surface area contributed by atoms with Gasteiger partial charge in [-0.1, -0.05) is 6.42 Å². The van der Waals surface area contributed by atoms with Gasteiger partial charge in [-0.05, 0) is 25.7 Å². The molecule has 1 rings (SSSR count). The smallest absolute Gasteiger partial charge is 0.391 e. The molecular formula is C12H22F3NO2. The van der Waals surface area contributed by atoms with Crippen molar-refractivity contribution < 1.29 is 23.0 Å². The molecule has 108 valence electrons. The Morgan fingerprint density at radius 2 is 2.11 bits per heavy atom. The molecule has 2 N–H and O–H groups in total. The summed E-state index contributed by atoms with van der Waals surface area (Å²) < 4.78 is 43.0. The van der Waals surface area contributed by atoms with Crippen LogP contribution in [0.4, 0.5) is 13.2 Å². The summed E-state index contributed by atoms with van der Waals surface area (Å²) in [6, 6.07) is -0.200. The summed E-state index contributed by atoms with van der Waals surface area (Å²) in [6.07, 6.45) is -1.86. The van der Waals surface area contributed by atoms with Crippen LogP contribution in [0.3, 0.4) is 0 Å². The third-order valence-electron chi connectivity index (χ3n) is 3.45. The van der Waals surface area contributed by atoms with Crippen LogP contribution in [0.15, 0.2) is 0 Å². The number of hydrogen-bond acceptors (Lipinski definition) is 3. The van der Waals surface area contributed by atoms with Gasteiger partial charge in [0.15, 0.2) is 0 Å². The Balaban J connectivity index is 2.45. The van der Waals surface area contributed by atoms with Crippen LogP contribution in [-0.4, -0.2) is 43.7 Å². The minimum absolute atomic E-state index is 0.0104. The molecule has 1 aliphatic carbocycles. The first-order chi connectivity index (χ1) is 8.47. The van der Waals surface area contributed by atoms with Gasteiger partial charge in [0, 0.05) is 25.8 Å². The van der Waals surface area contributed by atoms with Gasteiger partial charge in [-0.15, -0.1) is 0 Å². The molecule has 3 unspecified atom stereocenters. The molecule has 0 aromatic heterocycles. The zero-order valence-corrected chi connectivity index (χ0v) is 10.7. The molecule has 0 aromatic rings. The summed E-state index contributed by atoms with van der Waals surface area (Å²) in [5.41, 5.74) is 0. The zero-order chi connectivity index (χ0) is 13.6. The van der Waals surface area contributed by atoms with Gasteiger partial charge in [0.05, 0.1) is 12.5 Å². The number of ether oxygens (including phenoxy) is 1. The second kappa shape index (κ2) is 7.31. The van der Waals surface area contributed by atoms with E-state index < -0.39 is 12.1 Å². The van der Waals surface area contributed by atoms with E-state index in [4.69, 9.17) is 9.84 Å². The van der Waals surface area contributed by atoms with Crippen molar-refractivity contribution in [2.24, 2.45) is 5.92 Å². The third kappa shape index (κ3) is 5.12. The van der Waals surface area contributed by atoms with Gasteiger partial charge in [0.1, 0.15) is 0 Å². The molecule has 1 fully saturated rings. The molecule has 6 heteroatoms. The second-order valence-corrected chi connectivity index (χ2v) is 4.93. The quantitative estimate of drug-likeness (QED) is 0.776. The van der Waals surface area contributed by atoms with Crippen molar-refractivity contribution in [2.45, 2.75) is 50.4 Å². The lowest BCUT2D eigenvalue weighted by Crippen LogP contribution is -2.45. The normalized spacial score (nSPS) is 27.2. The summed E-state index contributed by atoms with van der Waals surface area (Å²) >= 11 is 0. The Kier molecular flexibility index (Phi) is 6.38. The number of aliphatic hydroxyl groups is 1. The number of aliphatic hydroxyl groups excluding tert-OH is 1. The number of nitrogens with one attached hydrogen (secondary N) is 1. The maximum Gasteiger partial charge on any atom is 0.391 e. The number of halogens is 3. The second-order valence-electron chi connectivity index (χ2n) is 4.93. The van der Waals surface area contributed by atoms with E-state index in [2.05, 4.69) is 5.32 Å². The Labute approximate surface area is 106 Å². The Bertz CT molecular complexity index is 230. The SMILES string of the molecule is COCC(CCO)NC1CCCC(C(F)(F)F)C1. The van der Waals surface area contributed by atoms with Crippen LogP contribution in [0.1, 0.15) is 32.1 Å². The van der Waals surface area contributed by atoms with Gasteiger partial charge < -0.3 is 15.2 Å². The predicted octanol–water partition coefficient (Wildman–Crippen LogP) is 2.09. The number of alkyl halides is 3. The van der Waals surface area contributed by atoms with Crippen molar-refractivity contribution in [3.63, 3.8) is 0 Å². The lowest BCUT2D eigenvalue weighted by Gasteiger charge is -2.33. The summed E-state index contributed by atoms with van der Waals surface area (Å²) in [7, 11) is 1.55. The molecule has 0 heterocycles. The lowest BCUT2D eigenvalue weighted by molar-refractivity contribution is -0.184. The third-order valence-corrected chi connectivity index (χ3v) is 3.45. The van der Waals surface area contributed by atoms with E-state index in [9.17, 15) is 13.2 Å². The molecule has 0 radical (unpaired) electrons. The van der Waals surface area contributed by atoms with Crippen LogP contribution in [0.25, 0.3) is 0 Å². The summed E-state index contributed by atoms with van der Waals surface area (Å²) in [4.78, 5) is 0. The topological polar surface area (TPSA) is 41.5 Å². The fourth-order valence-electron chi connectivity index (χ4n) is 2.54. The maximum absolute atomic E-state index is 12.7. The number of hydrogen-bond donors (Lipinski definition) is 2. The molecule has 1 saturated carbocycles. The molecule has 0 aromatic carbocycles. The van der Waals surface area contributed by atoms with Crippen LogP contribution >= 0.6 is 0 Å². The van der Waals surface area contributed by atoms with Crippen molar-refractivity contribution in [3.05, 3.63) is 0 Å². The number of rotatable bonds is 6. The standard InChI is InChI=1S/C12H22F3NO2/c1-18-8-11(5-6-17)16-10-4-2-3-9(7-10)12(13,14)15/h9-11,16-17H,2-8H2,1H3. The Hall–Kier alpha value is -0.330. The van der Waals surface area contributed by atoms with E-state index in [-0.39, 0.29) is 31.5 Å². The van der Waals surface area contributed by atoms with Crippen LogP contribution in [-0.2, 0) is 4.74 Å². The van der Waals surface area contributed by atoms with E-state index in [1.807, 2.05) is 0 Å². The molecule has 3 nitrogen and oxygen atoms in total. The highest BCUT2D eigenvalue weighted by molar-refractivity contribution is 4.84. The molecule has 1 aliphatic rings. The van der Waals surface area contributed by atoms with Gasteiger partial charge in [0.2, 0.25) is 0 Å². The molecule has 3 atom stereocenters. The van der Waals surface area contributed by atoms with E-state index in [1.165, 1.54) is 0 Å². The minimum atomic E-state index is -4.09. The summed E-state index contributed by atoms with van der Waals surface area (Å²) in [5, 5.41) is 12.1. The molecule has 0 aliphatic heterocycles. The van der Waals surface area contributed by atoms with Crippen LogP contribution < -0.4 is 5.32 Å². The fraction of sp³-hybridized carbons (Fsp3) is 1.00. The van der Waals surface area contributed by atoms with E-state index in [1.54, 1.807) is 7.11 Å². The van der Waals surface area contributed by atoms with Crippen molar-refractivity contribution >= 4 is 0 Å². The van der Waals surface area contributed by atoms with Gasteiger partial charge >= 0.3 is 6.18 Å². The van der Waals surface area contributed by atoms with Gasteiger partial charge in [-0.2, -0.15) is 13.2 Å². The average molecular weight is 269 g/mol. The lowest BCUT2D eigenvalue weighted by atomic mass is 9.85. The first-order valence-electron chi connectivity index (χ1n) is 6.40. The van der Waals surface area contributed by atoms with Crippen LogP contribution in [0, 0.1) is 5.92 Å². The fourth-order valence-corrected chi connectivity index (χ4v) is 2.54. The highest BCUT2D eigenvalue weighted by atomic mass is 19.4. The van der Waals surface area contributed by atoms with Crippen molar-refractivity contribution in [1.29, 1.82) is 0 Å². The predicted molar refractivity (Wildman–Crippen MR) is 62.3 cm³/mol. The van der Waals surface area contributed by atoms with Crippen molar-refractivity contribution in [3.8, 4) is 0 Å². The molecule has 0 amide bonds. The maximum atomic E-state index is 12.7. The Morgan fingerprint density at radius 1 is 1.39 bits per heavy atom. The number of methoxy groups -OCH3 is 1. The highest BCUT2D eigenvalue weighted by Gasteiger charge is 2.42.